The molecule has 238 valence electrons. The second-order valence-electron chi connectivity index (χ2n) is 10.8. The van der Waals surface area contributed by atoms with Gasteiger partial charge in [0.1, 0.15) is 6.10 Å². The molecule has 0 bridgehead atoms. The van der Waals surface area contributed by atoms with Crippen LogP contribution in [0.5, 0.6) is 0 Å². The Kier molecular flexibility index (Phi) is 41.2. The van der Waals surface area contributed by atoms with Gasteiger partial charge in [-0.1, -0.05) is 122 Å². The molecule has 0 heterocycles. The largest absolute Gasteiger partial charge is 1.00 e. The van der Waals surface area contributed by atoms with Gasteiger partial charge in [-0.25, -0.2) is 0 Å². The second-order valence-corrected chi connectivity index (χ2v) is 12.0. The fourth-order valence-corrected chi connectivity index (χ4v) is 5.00. The van der Waals surface area contributed by atoms with Crippen molar-refractivity contribution in [3.63, 3.8) is 0 Å². The number of hydrogen-bond acceptors (Lipinski definition) is 9. The second kappa shape index (κ2) is 36.5. The summed E-state index contributed by atoms with van der Waals surface area (Å²) in [5, 5.41) is 3.20. The van der Waals surface area contributed by atoms with Gasteiger partial charge >= 0.3 is 65.1 Å². The molecule has 12 heteroatoms. The zero-order valence-corrected chi connectivity index (χ0v) is 32.1. The molecule has 0 saturated carbocycles. The first-order valence-electron chi connectivity index (χ1n) is 16.0. The molecule has 1 N–H and O–H groups in total. The van der Waals surface area contributed by atoms with E-state index in [1.165, 1.54) is 89.9 Å². The van der Waals surface area contributed by atoms with Crippen molar-refractivity contribution in [2.45, 2.75) is 154 Å². The van der Waals surface area contributed by atoms with Gasteiger partial charge in [0, 0.05) is 13.0 Å². The number of esters is 1. The van der Waals surface area contributed by atoms with Crippen molar-refractivity contribution < 1.29 is 97.1 Å². The van der Waals surface area contributed by atoms with Crippen molar-refractivity contribution >= 4 is 20.3 Å². The van der Waals surface area contributed by atoms with Crippen LogP contribution in [0.3, 0.4) is 0 Å². The molecule has 42 heavy (non-hydrogen) atoms. The number of unbranched alkanes of at least 4 members (excludes halogenated alkanes) is 19. The van der Waals surface area contributed by atoms with Crippen LogP contribution in [0.1, 0.15) is 148 Å². The number of phosphoric acid groups is 1. The molecule has 0 fully saturated rings. The molecule has 0 aromatic rings. The van der Waals surface area contributed by atoms with Crippen molar-refractivity contribution in [3.05, 3.63) is 0 Å². The van der Waals surface area contributed by atoms with Gasteiger partial charge in [-0.2, -0.15) is 0 Å². The van der Waals surface area contributed by atoms with Gasteiger partial charge in [0.25, 0.3) is 6.47 Å². The van der Waals surface area contributed by atoms with Crippen molar-refractivity contribution in [3.8, 4) is 0 Å². The summed E-state index contributed by atoms with van der Waals surface area (Å²) in [6.07, 6.45) is 23.9. The Labute approximate surface area is 301 Å². The Balaban J connectivity index is -0.00000760. The summed E-state index contributed by atoms with van der Waals surface area (Å²) < 4.78 is 25.3. The maximum absolute atomic E-state index is 12.2. The summed E-state index contributed by atoms with van der Waals surface area (Å²) in [4.78, 5) is 44.0. The van der Waals surface area contributed by atoms with E-state index < -0.39 is 20.5 Å². The maximum Gasteiger partial charge on any atom is 1.00 e. The molecule has 0 rings (SSSR count). The Morgan fingerprint density at radius 1 is 0.738 bits per heavy atom. The van der Waals surface area contributed by atoms with Crippen molar-refractivity contribution in [1.82, 2.24) is 5.32 Å². The van der Waals surface area contributed by atoms with Crippen LogP contribution in [-0.4, -0.2) is 44.8 Å². The third-order valence-corrected chi connectivity index (χ3v) is 7.47. The summed E-state index contributed by atoms with van der Waals surface area (Å²) in [6, 6.07) is 0. The molecule has 1 atom stereocenters. The molecular formula is C30H58NNa2O8P. The van der Waals surface area contributed by atoms with Crippen LogP contribution in [-0.2, 0) is 28.2 Å². The molecule has 9 nitrogen and oxygen atoms in total. The first-order chi connectivity index (χ1) is 19.4. The van der Waals surface area contributed by atoms with Crippen LogP contribution in [0, 0.1) is 0 Å². The quantitative estimate of drug-likeness (QED) is 0.0359. The Hall–Kier alpha value is 1.01. The molecule has 0 aliphatic rings. The molecule has 0 aliphatic heterocycles. The van der Waals surface area contributed by atoms with E-state index in [-0.39, 0.29) is 78.0 Å². The van der Waals surface area contributed by atoms with Crippen LogP contribution < -0.4 is 74.2 Å². The van der Waals surface area contributed by atoms with E-state index in [2.05, 4.69) is 21.5 Å². The van der Waals surface area contributed by atoms with Crippen LogP contribution in [0.25, 0.3) is 0 Å². The van der Waals surface area contributed by atoms with Crippen molar-refractivity contribution in [2.24, 2.45) is 0 Å². The van der Waals surface area contributed by atoms with Crippen molar-refractivity contribution in [2.75, 3.05) is 26.3 Å². The summed E-state index contributed by atoms with van der Waals surface area (Å²) in [5.74, 6) is -0.380. The molecule has 0 radical (unpaired) electrons. The monoisotopic (exact) mass is 637 g/mol. The van der Waals surface area contributed by atoms with E-state index in [9.17, 15) is 23.9 Å². The average molecular weight is 638 g/mol. The van der Waals surface area contributed by atoms with E-state index >= 15 is 0 Å². The van der Waals surface area contributed by atoms with Gasteiger partial charge in [-0.05, 0) is 25.8 Å². The van der Waals surface area contributed by atoms with Crippen LogP contribution >= 0.6 is 7.82 Å². The molecule has 0 unspecified atom stereocenters. The van der Waals surface area contributed by atoms with Gasteiger partial charge in [0.2, 0.25) is 0 Å². The minimum absolute atomic E-state index is 0. The fourth-order valence-electron chi connectivity index (χ4n) is 4.65. The van der Waals surface area contributed by atoms with Crippen molar-refractivity contribution in [1.29, 1.82) is 0 Å². The third-order valence-electron chi connectivity index (χ3n) is 7.01. The minimum Gasteiger partial charge on any atom is -0.790 e. The van der Waals surface area contributed by atoms with Gasteiger partial charge in [0.15, 0.2) is 0 Å². The fraction of sp³-hybridized carbons (Fsp3) is 0.933. The SMILES string of the molecule is CCCCCCCCCCC(=O)O[C@@H](CNCCCCCCCCCCCCCCCOC=O)COP(=O)([O-])[O-].[Na+].[Na+]. The number of rotatable bonds is 32. The van der Waals surface area contributed by atoms with E-state index in [1.807, 2.05) is 0 Å². The van der Waals surface area contributed by atoms with Gasteiger partial charge in [-0.15, -0.1) is 0 Å². The number of carbonyl (C=O) groups is 2. The normalized spacial score (nSPS) is 11.8. The average Bonchev–Trinajstić information content (AvgIpc) is 2.92. The summed E-state index contributed by atoms with van der Waals surface area (Å²) in [7, 11) is -5.12. The standard InChI is InChI=1S/C30H60NO8P.2Na/c1-2-3-4-5-6-14-17-20-23-30(33)39-29(27-38-40(34,35)36)26-31-24-21-18-15-12-10-8-7-9-11-13-16-19-22-25-37-28-32;;/h28-29,31H,2-27H2,1H3,(H2,34,35,36);;/q;2*+1/p-2/t29-;;/m0../s1. The topological polar surface area (TPSA) is 137 Å². The number of phosphoric ester groups is 1. The summed E-state index contributed by atoms with van der Waals surface area (Å²) in [6.45, 7) is 3.80. The number of ether oxygens (including phenoxy) is 2. The third kappa shape index (κ3) is 39.0. The number of nitrogens with one attached hydrogen (secondary N) is 1. The van der Waals surface area contributed by atoms with E-state index in [0.29, 0.717) is 13.1 Å². The van der Waals surface area contributed by atoms with E-state index in [1.54, 1.807) is 0 Å². The molecular weight excluding hydrogens is 579 g/mol. The van der Waals surface area contributed by atoms with E-state index in [4.69, 9.17) is 4.74 Å². The van der Waals surface area contributed by atoms with Gasteiger partial charge in [-0.3, -0.25) is 9.59 Å². The van der Waals surface area contributed by atoms with E-state index in [0.717, 1.165) is 51.5 Å². The Bertz CT molecular complexity index is 628. The molecule has 0 aromatic carbocycles. The number of hydrogen-bond donors (Lipinski definition) is 1. The predicted octanol–water partition coefficient (Wildman–Crippen LogP) is 0.116. The molecule has 0 aliphatic carbocycles. The zero-order chi connectivity index (χ0) is 29.6. The first kappa shape index (κ1) is 47.4. The Morgan fingerprint density at radius 2 is 1.19 bits per heavy atom. The first-order valence-corrected chi connectivity index (χ1v) is 17.5. The van der Waals surface area contributed by atoms with Crippen LogP contribution in [0.15, 0.2) is 0 Å². The Morgan fingerprint density at radius 3 is 1.67 bits per heavy atom. The smallest absolute Gasteiger partial charge is 0.790 e. The predicted molar refractivity (Wildman–Crippen MR) is 156 cm³/mol. The summed E-state index contributed by atoms with van der Waals surface area (Å²) in [5.41, 5.74) is 0. The maximum atomic E-state index is 12.2. The summed E-state index contributed by atoms with van der Waals surface area (Å²) >= 11 is 0. The molecule has 0 spiro atoms. The van der Waals surface area contributed by atoms with Gasteiger partial charge in [0.05, 0.1) is 21.0 Å². The molecule has 0 saturated heterocycles. The molecule has 0 amide bonds. The van der Waals surface area contributed by atoms with Crippen LogP contribution in [0.4, 0.5) is 0 Å². The molecule has 0 aromatic heterocycles. The van der Waals surface area contributed by atoms with Crippen LogP contribution in [0.2, 0.25) is 0 Å². The van der Waals surface area contributed by atoms with Gasteiger partial charge < -0.3 is 33.7 Å². The number of carbonyl (C=O) groups excluding carboxylic acids is 2. The minimum atomic E-state index is -5.12. The zero-order valence-electron chi connectivity index (χ0n) is 27.3.